The highest BCUT2D eigenvalue weighted by atomic mass is 32.2. The molecule has 0 bridgehead atoms. The average molecular weight is 312 g/mol. The number of aryl methyl sites for hydroxylation is 1. The molecule has 0 saturated heterocycles. The summed E-state index contributed by atoms with van der Waals surface area (Å²) in [5.41, 5.74) is 2.18. The van der Waals surface area contributed by atoms with Gasteiger partial charge in [-0.2, -0.15) is 0 Å². The van der Waals surface area contributed by atoms with Crippen molar-refractivity contribution in [2.24, 2.45) is 0 Å². The van der Waals surface area contributed by atoms with Crippen LogP contribution in [-0.2, 0) is 16.4 Å². The van der Waals surface area contributed by atoms with Crippen LogP contribution in [0.5, 0.6) is 0 Å². The van der Waals surface area contributed by atoms with Crippen molar-refractivity contribution in [3.8, 4) is 0 Å². The summed E-state index contributed by atoms with van der Waals surface area (Å²) in [4.78, 5) is 4.64. The van der Waals surface area contributed by atoms with E-state index < -0.39 is 9.84 Å². The smallest absolute Gasteiger partial charge is 0.169 e. The Morgan fingerprint density at radius 3 is 2.70 bits per heavy atom. The van der Waals surface area contributed by atoms with Crippen molar-refractivity contribution in [1.29, 1.82) is 0 Å². The minimum atomic E-state index is -2.83. The maximum atomic E-state index is 11.1. The van der Waals surface area contributed by atoms with Crippen molar-refractivity contribution >= 4 is 32.6 Å². The summed E-state index contributed by atoms with van der Waals surface area (Å²) in [6, 6.07) is 8.13. The van der Waals surface area contributed by atoms with Gasteiger partial charge in [-0.1, -0.05) is 23.9 Å². The Morgan fingerprint density at radius 2 is 2.00 bits per heavy atom. The van der Waals surface area contributed by atoms with E-state index in [2.05, 4.69) is 22.5 Å². The first-order valence-corrected chi connectivity index (χ1v) is 9.81. The standard InChI is InChI=1S/C14H20N2O2S2/c1-3-16-13-9-5-4-8-12(13)15-14(16)19-10-6-7-11-20(2,17)18/h4-5,8-9H,3,6-7,10-11H2,1-2H3. The topological polar surface area (TPSA) is 52.0 Å². The zero-order valence-corrected chi connectivity index (χ0v) is 13.5. The number of hydrogen-bond acceptors (Lipinski definition) is 4. The molecule has 1 aromatic heterocycles. The molecule has 1 heterocycles. The third kappa shape index (κ3) is 3.99. The molecule has 0 spiro atoms. The number of hydrogen-bond donors (Lipinski definition) is 0. The fraction of sp³-hybridized carbons (Fsp3) is 0.500. The van der Waals surface area contributed by atoms with Gasteiger partial charge in [-0.25, -0.2) is 13.4 Å². The highest BCUT2D eigenvalue weighted by molar-refractivity contribution is 7.99. The van der Waals surface area contributed by atoms with E-state index in [1.54, 1.807) is 11.8 Å². The van der Waals surface area contributed by atoms with Crippen molar-refractivity contribution in [2.75, 3.05) is 17.8 Å². The van der Waals surface area contributed by atoms with Crippen molar-refractivity contribution in [1.82, 2.24) is 9.55 Å². The maximum Gasteiger partial charge on any atom is 0.169 e. The second-order valence-corrected chi connectivity index (χ2v) is 8.13. The van der Waals surface area contributed by atoms with Crippen molar-refractivity contribution in [3.05, 3.63) is 24.3 Å². The number of fused-ring (bicyclic) bond motifs is 1. The lowest BCUT2D eigenvalue weighted by molar-refractivity contribution is 0.598. The molecule has 4 nitrogen and oxygen atoms in total. The Bertz CT molecular complexity index is 678. The lowest BCUT2D eigenvalue weighted by Gasteiger charge is -2.05. The van der Waals surface area contributed by atoms with E-state index in [1.165, 1.54) is 6.26 Å². The molecule has 0 radical (unpaired) electrons. The first kappa shape index (κ1) is 15.4. The van der Waals surface area contributed by atoms with Crippen LogP contribution < -0.4 is 0 Å². The van der Waals surface area contributed by atoms with Crippen LogP contribution in [0.3, 0.4) is 0 Å². The Hall–Kier alpha value is -1.01. The molecule has 110 valence electrons. The van der Waals surface area contributed by atoms with Crippen LogP contribution in [0, 0.1) is 0 Å². The van der Waals surface area contributed by atoms with Crippen LogP contribution in [0.4, 0.5) is 0 Å². The Morgan fingerprint density at radius 1 is 1.25 bits per heavy atom. The molecule has 0 fully saturated rings. The molecule has 0 atom stereocenters. The van der Waals surface area contributed by atoms with Crippen LogP contribution in [0.2, 0.25) is 0 Å². The molecule has 6 heteroatoms. The van der Waals surface area contributed by atoms with E-state index >= 15 is 0 Å². The predicted octanol–water partition coefficient (Wildman–Crippen LogP) is 2.97. The zero-order valence-electron chi connectivity index (χ0n) is 11.9. The van der Waals surface area contributed by atoms with Crippen molar-refractivity contribution in [3.63, 3.8) is 0 Å². The zero-order chi connectivity index (χ0) is 14.6. The van der Waals surface area contributed by atoms with E-state index in [0.717, 1.165) is 41.3 Å². The molecular formula is C14H20N2O2S2. The number of unbranched alkanes of at least 4 members (excludes halogenated alkanes) is 1. The van der Waals surface area contributed by atoms with Crippen molar-refractivity contribution in [2.45, 2.75) is 31.5 Å². The van der Waals surface area contributed by atoms with Gasteiger partial charge < -0.3 is 4.57 Å². The summed E-state index contributed by atoms with van der Waals surface area (Å²) in [5.74, 6) is 1.18. The fourth-order valence-corrected chi connectivity index (χ4v) is 3.90. The number of sulfone groups is 1. The van der Waals surface area contributed by atoms with E-state index in [-0.39, 0.29) is 5.75 Å². The minimum absolute atomic E-state index is 0.276. The molecule has 0 aliphatic carbocycles. The molecule has 2 rings (SSSR count). The van der Waals surface area contributed by atoms with Crippen LogP contribution in [0.1, 0.15) is 19.8 Å². The summed E-state index contributed by atoms with van der Waals surface area (Å²) in [6.45, 7) is 3.01. The predicted molar refractivity (Wildman–Crippen MR) is 85.1 cm³/mol. The summed E-state index contributed by atoms with van der Waals surface area (Å²) in [5, 5.41) is 1.02. The molecule has 0 saturated carbocycles. The third-order valence-electron chi connectivity index (χ3n) is 3.08. The molecule has 0 amide bonds. The molecule has 0 N–H and O–H groups in total. The molecule has 0 aliphatic rings. The van der Waals surface area contributed by atoms with Gasteiger partial charge in [-0.05, 0) is 31.9 Å². The van der Waals surface area contributed by atoms with Gasteiger partial charge in [0.25, 0.3) is 0 Å². The molecule has 2 aromatic rings. The maximum absolute atomic E-state index is 11.1. The summed E-state index contributed by atoms with van der Waals surface area (Å²) in [6.07, 6.45) is 2.90. The second-order valence-electron chi connectivity index (χ2n) is 4.81. The van der Waals surface area contributed by atoms with Gasteiger partial charge >= 0.3 is 0 Å². The van der Waals surface area contributed by atoms with Gasteiger partial charge in [0.15, 0.2) is 5.16 Å². The second kappa shape index (κ2) is 6.63. The monoisotopic (exact) mass is 312 g/mol. The number of rotatable bonds is 7. The molecule has 0 unspecified atom stereocenters. The fourth-order valence-electron chi connectivity index (χ4n) is 2.10. The first-order valence-electron chi connectivity index (χ1n) is 6.77. The number of thioether (sulfide) groups is 1. The van der Waals surface area contributed by atoms with Crippen LogP contribution >= 0.6 is 11.8 Å². The van der Waals surface area contributed by atoms with Gasteiger partial charge in [0, 0.05) is 24.3 Å². The molecule has 0 aliphatic heterocycles. The third-order valence-corrected chi connectivity index (χ3v) is 5.17. The number of para-hydroxylation sites is 2. The largest absolute Gasteiger partial charge is 0.319 e. The molecule has 1 aromatic carbocycles. The summed E-state index contributed by atoms with van der Waals surface area (Å²) < 4.78 is 24.3. The first-order chi connectivity index (χ1) is 9.51. The van der Waals surface area contributed by atoms with Gasteiger partial charge in [-0.3, -0.25) is 0 Å². The summed E-state index contributed by atoms with van der Waals surface area (Å²) in [7, 11) is -2.83. The Kier molecular flexibility index (Phi) is 5.10. The number of aromatic nitrogens is 2. The van der Waals surface area contributed by atoms with E-state index in [4.69, 9.17) is 0 Å². The average Bonchev–Trinajstić information content (AvgIpc) is 2.74. The SMILES string of the molecule is CCn1c(SCCCCS(C)(=O)=O)nc2ccccc21. The van der Waals surface area contributed by atoms with E-state index in [9.17, 15) is 8.42 Å². The van der Waals surface area contributed by atoms with Crippen LogP contribution in [0.15, 0.2) is 29.4 Å². The van der Waals surface area contributed by atoms with E-state index in [1.807, 2.05) is 18.2 Å². The van der Waals surface area contributed by atoms with Gasteiger partial charge in [-0.15, -0.1) is 0 Å². The number of benzene rings is 1. The molecule has 20 heavy (non-hydrogen) atoms. The van der Waals surface area contributed by atoms with Gasteiger partial charge in [0.2, 0.25) is 0 Å². The number of nitrogens with zero attached hydrogens (tertiary/aromatic N) is 2. The van der Waals surface area contributed by atoms with Gasteiger partial charge in [0.1, 0.15) is 9.84 Å². The van der Waals surface area contributed by atoms with Gasteiger partial charge in [0.05, 0.1) is 11.0 Å². The highest BCUT2D eigenvalue weighted by Crippen LogP contribution is 2.24. The minimum Gasteiger partial charge on any atom is -0.319 e. The quantitative estimate of drug-likeness (QED) is 0.582. The van der Waals surface area contributed by atoms with E-state index in [0.29, 0.717) is 0 Å². The molecular weight excluding hydrogens is 292 g/mol. The Balaban J connectivity index is 1.96. The lowest BCUT2D eigenvalue weighted by Crippen LogP contribution is -2.03. The van der Waals surface area contributed by atoms with Crippen LogP contribution in [0.25, 0.3) is 11.0 Å². The Labute approximate surface area is 124 Å². The van der Waals surface area contributed by atoms with Crippen LogP contribution in [-0.4, -0.2) is 35.7 Å². The normalized spacial score (nSPS) is 12.1. The summed E-state index contributed by atoms with van der Waals surface area (Å²) >= 11 is 1.70. The lowest BCUT2D eigenvalue weighted by atomic mass is 10.3. The highest BCUT2D eigenvalue weighted by Gasteiger charge is 2.09. The van der Waals surface area contributed by atoms with Crippen molar-refractivity contribution < 1.29 is 8.42 Å². The number of imidazole rings is 1.